The van der Waals surface area contributed by atoms with E-state index < -0.39 is 14.3 Å². The smallest absolute Gasteiger partial charge is 0.328 e. The molecule has 4 nitrogen and oxygen atoms in total. The van der Waals surface area contributed by atoms with E-state index in [1.54, 1.807) is 6.08 Å². The second kappa shape index (κ2) is 9.17. The van der Waals surface area contributed by atoms with E-state index in [1.165, 1.54) is 24.5 Å². The Morgan fingerprint density at radius 1 is 1.33 bits per heavy atom. The lowest BCUT2D eigenvalue weighted by Crippen LogP contribution is -2.44. The Morgan fingerprint density at radius 2 is 2.04 bits per heavy atom. The first-order valence-electron chi connectivity index (χ1n) is 9.94. The molecule has 1 heterocycles. The first-order chi connectivity index (χ1) is 12.6. The van der Waals surface area contributed by atoms with Crippen LogP contribution < -0.4 is 0 Å². The molecule has 1 aromatic rings. The summed E-state index contributed by atoms with van der Waals surface area (Å²) in [5.41, 5.74) is 2.17. The minimum absolute atomic E-state index is 0.247. The summed E-state index contributed by atoms with van der Waals surface area (Å²) in [7, 11) is -1.70. The van der Waals surface area contributed by atoms with Gasteiger partial charge in [-0.2, -0.15) is 0 Å². The summed E-state index contributed by atoms with van der Waals surface area (Å²) in [5, 5.41) is 9.14. The molecule has 1 aliphatic heterocycles. The molecule has 2 rings (SSSR count). The van der Waals surface area contributed by atoms with Crippen molar-refractivity contribution in [2.75, 3.05) is 19.7 Å². The molecule has 1 N–H and O–H groups in total. The van der Waals surface area contributed by atoms with E-state index in [2.05, 4.69) is 44.8 Å². The van der Waals surface area contributed by atoms with Gasteiger partial charge in [-0.25, -0.2) is 4.79 Å². The molecule has 150 valence electrons. The van der Waals surface area contributed by atoms with E-state index in [0.29, 0.717) is 5.92 Å². The van der Waals surface area contributed by atoms with Crippen LogP contribution in [0.1, 0.15) is 44.7 Å². The molecule has 1 aliphatic rings. The molecule has 5 heteroatoms. The van der Waals surface area contributed by atoms with Gasteiger partial charge in [0.15, 0.2) is 8.32 Å². The Balaban J connectivity index is 1.96. The van der Waals surface area contributed by atoms with Crippen LogP contribution in [0.15, 0.2) is 30.3 Å². The highest BCUT2D eigenvalue weighted by molar-refractivity contribution is 6.74. The maximum atomic E-state index is 10.8. The fourth-order valence-electron chi connectivity index (χ4n) is 3.22. The van der Waals surface area contributed by atoms with Crippen LogP contribution >= 0.6 is 0 Å². The number of hydrogen-bond acceptors (Lipinski definition) is 3. The Kier molecular flexibility index (Phi) is 7.43. The summed E-state index contributed by atoms with van der Waals surface area (Å²) in [6.07, 6.45) is 5.33. The molecule has 1 saturated heterocycles. The van der Waals surface area contributed by atoms with E-state index in [9.17, 15) is 4.79 Å². The second-order valence-corrected chi connectivity index (χ2v) is 14.0. The minimum atomic E-state index is -1.70. The highest BCUT2D eigenvalue weighted by Gasteiger charge is 2.37. The molecule has 27 heavy (non-hydrogen) atoms. The third-order valence-electron chi connectivity index (χ3n) is 5.94. The van der Waals surface area contributed by atoms with Crippen molar-refractivity contribution in [3.63, 3.8) is 0 Å². The minimum Gasteiger partial charge on any atom is -0.478 e. The third kappa shape index (κ3) is 6.59. The van der Waals surface area contributed by atoms with Crippen LogP contribution in [0.5, 0.6) is 0 Å². The van der Waals surface area contributed by atoms with Gasteiger partial charge in [0, 0.05) is 25.8 Å². The Morgan fingerprint density at radius 3 is 2.70 bits per heavy atom. The van der Waals surface area contributed by atoms with Crippen LogP contribution in [0.4, 0.5) is 0 Å². The van der Waals surface area contributed by atoms with Gasteiger partial charge in [0.05, 0.1) is 0 Å². The summed E-state index contributed by atoms with van der Waals surface area (Å²) in [6.45, 7) is 15.3. The standard InChI is InChI=1S/C22H35NO3Si/c1-22(2,3)27(4,5)26-17-18-9-8-14-23(15-18)16-20-11-7-6-10-19(20)12-13-21(24)25/h6-7,10-13,18H,8-9,14-17H2,1-5H3,(H,24,25)/b13-12+. The van der Waals surface area contributed by atoms with Crippen LogP contribution in [0.3, 0.4) is 0 Å². The normalized spacial score (nSPS) is 19.5. The van der Waals surface area contributed by atoms with Crippen molar-refractivity contribution in [3.8, 4) is 0 Å². The molecule has 0 aliphatic carbocycles. The van der Waals surface area contributed by atoms with Crippen molar-refractivity contribution < 1.29 is 14.3 Å². The van der Waals surface area contributed by atoms with Crippen molar-refractivity contribution >= 4 is 20.4 Å². The number of rotatable bonds is 7. The molecular weight excluding hydrogens is 354 g/mol. The van der Waals surface area contributed by atoms with Crippen LogP contribution in [0, 0.1) is 5.92 Å². The highest BCUT2D eigenvalue weighted by Crippen LogP contribution is 2.37. The average molecular weight is 390 g/mol. The lowest BCUT2D eigenvalue weighted by atomic mass is 9.98. The van der Waals surface area contributed by atoms with Crippen molar-refractivity contribution in [2.24, 2.45) is 5.92 Å². The summed E-state index contributed by atoms with van der Waals surface area (Å²) < 4.78 is 6.46. The zero-order valence-electron chi connectivity index (χ0n) is 17.5. The number of carboxylic acid groups (broad SMARTS) is 1. The lowest BCUT2D eigenvalue weighted by Gasteiger charge is -2.39. The average Bonchev–Trinajstić information content (AvgIpc) is 2.58. The SMILES string of the molecule is CC(C)(C)[Si](C)(C)OCC1CCCN(Cc2ccccc2/C=C/C(=O)O)C1. The molecule has 1 unspecified atom stereocenters. The van der Waals surface area contributed by atoms with Crippen molar-refractivity contribution in [1.29, 1.82) is 0 Å². The van der Waals surface area contributed by atoms with Crippen LogP contribution in [-0.2, 0) is 15.8 Å². The fraction of sp³-hybridized carbons (Fsp3) is 0.591. The molecule has 1 aromatic carbocycles. The number of aliphatic carboxylic acids is 1. The van der Waals surface area contributed by atoms with E-state index in [-0.39, 0.29) is 5.04 Å². The number of benzene rings is 1. The van der Waals surface area contributed by atoms with Crippen LogP contribution in [0.25, 0.3) is 6.08 Å². The van der Waals surface area contributed by atoms with Gasteiger partial charge < -0.3 is 9.53 Å². The maximum absolute atomic E-state index is 10.8. The molecule has 0 saturated carbocycles. The lowest BCUT2D eigenvalue weighted by molar-refractivity contribution is -0.131. The quantitative estimate of drug-likeness (QED) is 0.525. The maximum Gasteiger partial charge on any atom is 0.328 e. The third-order valence-corrected chi connectivity index (χ3v) is 10.4. The number of piperidine rings is 1. The number of likely N-dealkylation sites (tertiary alicyclic amines) is 1. The van der Waals surface area contributed by atoms with E-state index in [1.807, 2.05) is 18.2 Å². The van der Waals surface area contributed by atoms with Gasteiger partial charge in [-0.3, -0.25) is 4.90 Å². The zero-order valence-corrected chi connectivity index (χ0v) is 18.5. The van der Waals surface area contributed by atoms with Crippen LogP contribution in [0.2, 0.25) is 18.1 Å². The molecule has 0 spiro atoms. The first-order valence-corrected chi connectivity index (χ1v) is 12.8. The predicted octanol–water partition coefficient (Wildman–Crippen LogP) is 5.02. The monoisotopic (exact) mass is 389 g/mol. The predicted molar refractivity (Wildman–Crippen MR) is 114 cm³/mol. The summed E-state index contributed by atoms with van der Waals surface area (Å²) >= 11 is 0. The summed E-state index contributed by atoms with van der Waals surface area (Å²) in [5.74, 6) is -0.333. The molecule has 0 bridgehead atoms. The molecule has 1 atom stereocenters. The summed E-state index contributed by atoms with van der Waals surface area (Å²) in [6, 6.07) is 8.06. The molecular formula is C22H35NO3Si. The highest BCUT2D eigenvalue weighted by atomic mass is 28.4. The molecule has 0 radical (unpaired) electrons. The number of carbonyl (C=O) groups is 1. The van der Waals surface area contributed by atoms with Crippen LogP contribution in [-0.4, -0.2) is 44.0 Å². The Bertz CT molecular complexity index is 664. The first kappa shape index (κ1) is 21.9. The van der Waals surface area contributed by atoms with E-state index in [0.717, 1.165) is 31.8 Å². The van der Waals surface area contributed by atoms with Gasteiger partial charge in [-0.15, -0.1) is 0 Å². The molecule has 0 amide bonds. The Labute approximate surface area is 165 Å². The van der Waals surface area contributed by atoms with Gasteiger partial charge in [0.25, 0.3) is 0 Å². The van der Waals surface area contributed by atoms with Gasteiger partial charge in [0.1, 0.15) is 0 Å². The van der Waals surface area contributed by atoms with Gasteiger partial charge in [-0.05, 0) is 60.6 Å². The summed E-state index contributed by atoms with van der Waals surface area (Å²) in [4.78, 5) is 13.3. The van der Waals surface area contributed by atoms with Crippen molar-refractivity contribution in [3.05, 3.63) is 41.5 Å². The fourth-order valence-corrected chi connectivity index (χ4v) is 4.30. The van der Waals surface area contributed by atoms with Gasteiger partial charge >= 0.3 is 5.97 Å². The number of nitrogens with zero attached hydrogens (tertiary/aromatic N) is 1. The van der Waals surface area contributed by atoms with Gasteiger partial charge in [-0.1, -0.05) is 45.0 Å². The van der Waals surface area contributed by atoms with E-state index in [4.69, 9.17) is 9.53 Å². The number of carboxylic acids is 1. The molecule has 0 aromatic heterocycles. The zero-order chi connectivity index (χ0) is 20.1. The van der Waals surface area contributed by atoms with E-state index >= 15 is 0 Å². The van der Waals surface area contributed by atoms with Crippen molar-refractivity contribution in [2.45, 2.75) is 58.3 Å². The van der Waals surface area contributed by atoms with Crippen molar-refractivity contribution in [1.82, 2.24) is 4.90 Å². The second-order valence-electron chi connectivity index (χ2n) is 9.19. The number of hydrogen-bond donors (Lipinski definition) is 1. The Hall–Kier alpha value is -1.43. The topological polar surface area (TPSA) is 49.8 Å². The largest absolute Gasteiger partial charge is 0.478 e. The van der Waals surface area contributed by atoms with Gasteiger partial charge in [0.2, 0.25) is 0 Å². The molecule has 1 fully saturated rings.